The van der Waals surface area contributed by atoms with Gasteiger partial charge < -0.3 is 25.0 Å². The van der Waals surface area contributed by atoms with Crippen LogP contribution in [0.2, 0.25) is 5.02 Å². The molecule has 1 aromatic rings. The zero-order valence-electron chi connectivity index (χ0n) is 15.0. The van der Waals surface area contributed by atoms with Crippen molar-refractivity contribution in [2.75, 3.05) is 13.2 Å². The highest BCUT2D eigenvalue weighted by Gasteiger charge is 2.29. The number of carbonyl (C=O) groups excluding carboxylic acids is 1. The first-order valence-electron chi connectivity index (χ1n) is 7.94. The zero-order valence-corrected chi connectivity index (χ0v) is 15.8. The number of hydrogen-bond acceptors (Lipinski definition) is 5. The smallest absolute Gasteiger partial charge is 0.408 e. The van der Waals surface area contributed by atoms with Crippen molar-refractivity contribution >= 4 is 17.7 Å². The van der Waals surface area contributed by atoms with Crippen molar-refractivity contribution in [3.8, 4) is 5.75 Å². The highest BCUT2D eigenvalue weighted by atomic mass is 35.5. The molecule has 0 saturated carbocycles. The molecule has 0 radical (unpaired) electrons. The van der Waals surface area contributed by atoms with Crippen molar-refractivity contribution in [2.24, 2.45) is 0 Å². The van der Waals surface area contributed by atoms with Gasteiger partial charge in [0, 0.05) is 5.56 Å². The molecule has 1 rings (SSSR count). The Morgan fingerprint density at radius 2 is 2.04 bits per heavy atom. The van der Waals surface area contributed by atoms with E-state index in [1.807, 2.05) is 0 Å². The molecule has 2 atom stereocenters. The Hall–Kier alpha value is -1.57. The van der Waals surface area contributed by atoms with E-state index in [4.69, 9.17) is 21.1 Å². The van der Waals surface area contributed by atoms with Crippen LogP contribution in [0.4, 0.5) is 9.18 Å². The van der Waals surface area contributed by atoms with E-state index in [2.05, 4.69) is 5.32 Å². The molecule has 6 nitrogen and oxygen atoms in total. The van der Waals surface area contributed by atoms with Crippen molar-refractivity contribution in [3.05, 3.63) is 28.0 Å². The summed E-state index contributed by atoms with van der Waals surface area (Å²) in [4.78, 5) is 12.0. The van der Waals surface area contributed by atoms with Gasteiger partial charge in [0.2, 0.25) is 0 Å². The molecule has 1 aromatic carbocycles. The predicted molar refractivity (Wildman–Crippen MR) is 92.4 cm³/mol. The molecule has 0 heterocycles. The molecule has 0 spiro atoms. The van der Waals surface area contributed by atoms with Crippen molar-refractivity contribution in [1.29, 1.82) is 0 Å². The Kier molecular flexibility index (Phi) is 7.46. The highest BCUT2D eigenvalue weighted by Crippen LogP contribution is 2.39. The van der Waals surface area contributed by atoms with Crippen molar-refractivity contribution in [3.63, 3.8) is 0 Å². The predicted octanol–water partition coefficient (Wildman–Crippen LogP) is 3.49. The van der Waals surface area contributed by atoms with E-state index in [9.17, 15) is 19.4 Å². The molecule has 1 amide bonds. The maximum Gasteiger partial charge on any atom is 0.408 e. The summed E-state index contributed by atoms with van der Waals surface area (Å²) in [6.45, 7) is 7.78. The molecule has 0 aliphatic heterocycles. The van der Waals surface area contributed by atoms with Gasteiger partial charge in [-0.1, -0.05) is 11.6 Å². The monoisotopic (exact) mass is 377 g/mol. The average molecular weight is 378 g/mol. The topological polar surface area (TPSA) is 88.0 Å². The van der Waals surface area contributed by atoms with Crippen molar-refractivity contribution in [1.82, 2.24) is 5.32 Å². The largest absolute Gasteiger partial charge is 0.493 e. The molecule has 3 N–H and O–H groups in total. The van der Waals surface area contributed by atoms with Crippen LogP contribution in [0.3, 0.4) is 0 Å². The van der Waals surface area contributed by atoms with Gasteiger partial charge in [0.05, 0.1) is 35.9 Å². The fraction of sp³-hybridized carbons (Fsp3) is 0.588. The maximum atomic E-state index is 14.7. The molecule has 0 fully saturated rings. The Morgan fingerprint density at radius 3 is 2.48 bits per heavy atom. The summed E-state index contributed by atoms with van der Waals surface area (Å²) in [5.74, 6) is -0.806. The Balaban J connectivity index is 3.37. The fourth-order valence-electron chi connectivity index (χ4n) is 2.24. The second-order valence-corrected chi connectivity index (χ2v) is 6.90. The lowest BCUT2D eigenvalue weighted by atomic mass is 9.99. The van der Waals surface area contributed by atoms with Gasteiger partial charge in [-0.25, -0.2) is 9.18 Å². The molecule has 0 aliphatic rings. The third-order valence-electron chi connectivity index (χ3n) is 3.20. The molecule has 142 valence electrons. The minimum absolute atomic E-state index is 0.0366. The van der Waals surface area contributed by atoms with E-state index in [1.165, 1.54) is 13.0 Å². The van der Waals surface area contributed by atoms with Gasteiger partial charge >= 0.3 is 6.09 Å². The quantitative estimate of drug-likeness (QED) is 0.706. The van der Waals surface area contributed by atoms with E-state index in [-0.39, 0.29) is 28.5 Å². The van der Waals surface area contributed by atoms with Gasteiger partial charge in [0.1, 0.15) is 11.4 Å². The van der Waals surface area contributed by atoms with E-state index in [0.29, 0.717) is 0 Å². The number of rotatable bonds is 6. The van der Waals surface area contributed by atoms with Crippen LogP contribution in [0.5, 0.6) is 5.75 Å². The number of aliphatic hydroxyl groups excluding tert-OH is 2. The lowest BCUT2D eigenvalue weighted by molar-refractivity contribution is 0.0479. The number of hydrogen-bond donors (Lipinski definition) is 3. The maximum absolute atomic E-state index is 14.7. The second-order valence-electron chi connectivity index (χ2n) is 6.49. The van der Waals surface area contributed by atoms with Crippen LogP contribution in [-0.4, -0.2) is 35.1 Å². The van der Waals surface area contributed by atoms with E-state index >= 15 is 0 Å². The molecule has 8 heteroatoms. The Morgan fingerprint density at radius 1 is 1.44 bits per heavy atom. The van der Waals surface area contributed by atoms with Crippen LogP contribution >= 0.6 is 11.6 Å². The summed E-state index contributed by atoms with van der Waals surface area (Å²) in [5.41, 5.74) is -0.642. The number of nitrogens with one attached hydrogen (secondary N) is 1. The van der Waals surface area contributed by atoms with Crippen LogP contribution in [0.25, 0.3) is 0 Å². The summed E-state index contributed by atoms with van der Waals surface area (Å²) in [7, 11) is 0. The second kappa shape index (κ2) is 8.69. The summed E-state index contributed by atoms with van der Waals surface area (Å²) >= 11 is 5.91. The van der Waals surface area contributed by atoms with Gasteiger partial charge in [0.25, 0.3) is 0 Å². The summed E-state index contributed by atoms with van der Waals surface area (Å²) < 4.78 is 25.3. The Labute approximate surface area is 151 Å². The lowest BCUT2D eigenvalue weighted by Gasteiger charge is -2.26. The molecule has 0 aliphatic carbocycles. The summed E-state index contributed by atoms with van der Waals surface area (Å²) in [6, 6.07) is 0.102. The number of alkyl carbamates (subject to hydrolysis) is 1. The first-order chi connectivity index (χ1) is 11.5. The standard InChI is InChI=1S/C17H25ClFNO5/c1-6-24-15-10(9(2)22)7-11(18)14(19)13(15)12(8-21)20-16(23)25-17(3,4)5/h7,9,12,21-22H,6,8H2,1-5H3,(H,20,23). The van der Waals surface area contributed by atoms with Gasteiger partial charge in [-0.05, 0) is 40.7 Å². The van der Waals surface area contributed by atoms with Crippen molar-refractivity contribution in [2.45, 2.75) is 52.4 Å². The molecule has 0 bridgehead atoms. The molecular weight excluding hydrogens is 353 g/mol. The van der Waals surface area contributed by atoms with Crippen LogP contribution < -0.4 is 10.1 Å². The highest BCUT2D eigenvalue weighted by molar-refractivity contribution is 6.31. The molecule has 25 heavy (non-hydrogen) atoms. The molecule has 0 saturated heterocycles. The van der Waals surface area contributed by atoms with Crippen LogP contribution in [0.15, 0.2) is 6.07 Å². The third-order valence-corrected chi connectivity index (χ3v) is 3.47. The number of benzene rings is 1. The van der Waals surface area contributed by atoms with E-state index < -0.39 is 36.3 Å². The third kappa shape index (κ3) is 5.73. The number of halogens is 2. The molecular formula is C17H25ClFNO5. The van der Waals surface area contributed by atoms with Gasteiger partial charge in [-0.3, -0.25) is 0 Å². The van der Waals surface area contributed by atoms with E-state index in [0.717, 1.165) is 0 Å². The van der Waals surface area contributed by atoms with Crippen LogP contribution in [-0.2, 0) is 4.74 Å². The summed E-state index contributed by atoms with van der Waals surface area (Å²) in [6.07, 6.45) is -1.81. The molecule has 2 unspecified atom stereocenters. The molecule has 0 aromatic heterocycles. The number of carbonyl (C=O) groups is 1. The Bertz CT molecular complexity index is 616. The minimum atomic E-state index is -1.16. The minimum Gasteiger partial charge on any atom is -0.493 e. The van der Waals surface area contributed by atoms with Crippen LogP contribution in [0.1, 0.15) is 57.9 Å². The van der Waals surface area contributed by atoms with Crippen molar-refractivity contribution < 1.29 is 28.9 Å². The SMILES string of the molecule is CCOc1c(C(C)O)cc(Cl)c(F)c1C(CO)NC(=O)OC(C)(C)C. The first-order valence-corrected chi connectivity index (χ1v) is 8.32. The number of amides is 1. The van der Waals surface area contributed by atoms with Crippen LogP contribution in [0, 0.1) is 5.82 Å². The first kappa shape index (κ1) is 21.5. The normalized spacial score (nSPS) is 14.0. The number of ether oxygens (including phenoxy) is 2. The van der Waals surface area contributed by atoms with E-state index in [1.54, 1.807) is 27.7 Å². The lowest BCUT2D eigenvalue weighted by Crippen LogP contribution is -2.37. The summed E-state index contributed by atoms with van der Waals surface area (Å²) in [5, 5.41) is 21.7. The van der Waals surface area contributed by atoms with Gasteiger partial charge in [-0.2, -0.15) is 0 Å². The van der Waals surface area contributed by atoms with Gasteiger partial charge in [0.15, 0.2) is 5.82 Å². The van der Waals surface area contributed by atoms with Gasteiger partial charge in [-0.15, -0.1) is 0 Å². The average Bonchev–Trinajstić information content (AvgIpc) is 2.47. The zero-order chi connectivity index (χ0) is 19.4. The fourth-order valence-corrected chi connectivity index (χ4v) is 2.45. The number of aliphatic hydroxyl groups is 2.